The van der Waals surface area contributed by atoms with Gasteiger partial charge >= 0.3 is 0 Å². The lowest BCUT2D eigenvalue weighted by molar-refractivity contribution is 0.122. The van der Waals surface area contributed by atoms with E-state index < -0.39 is 0 Å². The molecule has 1 aromatic heterocycles. The maximum Gasteiger partial charge on any atom is 0.118 e. The minimum atomic E-state index is 0.287. The number of piperazine rings is 2. The van der Waals surface area contributed by atoms with E-state index in [9.17, 15) is 0 Å². The Kier molecular flexibility index (Phi) is 10.7. The zero-order chi connectivity index (χ0) is 31.2. The summed E-state index contributed by atoms with van der Waals surface area (Å²) in [6, 6.07) is 21.4. The van der Waals surface area contributed by atoms with Crippen LogP contribution in [0.2, 0.25) is 10.0 Å². The molecule has 0 saturated carbocycles. The Morgan fingerprint density at radius 3 is 2.38 bits per heavy atom. The Morgan fingerprint density at radius 2 is 1.69 bits per heavy atom. The molecule has 6 rings (SSSR count). The number of hydrogen-bond acceptors (Lipinski definition) is 6. The zero-order valence-electron chi connectivity index (χ0n) is 26.1. The lowest BCUT2D eigenvalue weighted by atomic mass is 10.0. The Bertz CT molecular complexity index is 1570. The first-order valence-corrected chi connectivity index (χ1v) is 16.7. The Morgan fingerprint density at radius 1 is 0.956 bits per heavy atom. The van der Waals surface area contributed by atoms with Crippen LogP contribution in [0.25, 0.3) is 22.0 Å². The number of aromatic nitrogens is 1. The van der Waals surface area contributed by atoms with Crippen LogP contribution in [0.1, 0.15) is 17.5 Å². The van der Waals surface area contributed by atoms with Crippen LogP contribution < -0.4 is 20.7 Å². The summed E-state index contributed by atoms with van der Waals surface area (Å²) in [6.07, 6.45) is 3.33. The summed E-state index contributed by atoms with van der Waals surface area (Å²) in [5.41, 5.74) is 7.15. The largest absolute Gasteiger partial charge is 0.497 e. The van der Waals surface area contributed by atoms with Gasteiger partial charge in [0.1, 0.15) is 5.75 Å². The molecule has 9 heteroatoms. The second-order valence-corrected chi connectivity index (χ2v) is 12.9. The minimum Gasteiger partial charge on any atom is -0.497 e. The third-order valence-corrected chi connectivity index (χ3v) is 9.76. The maximum atomic E-state index is 6.44. The van der Waals surface area contributed by atoms with Gasteiger partial charge < -0.3 is 25.3 Å². The maximum absolute atomic E-state index is 6.44. The van der Waals surface area contributed by atoms with Gasteiger partial charge in [0, 0.05) is 116 Å². The van der Waals surface area contributed by atoms with Crippen molar-refractivity contribution in [1.82, 2.24) is 30.3 Å². The van der Waals surface area contributed by atoms with Crippen LogP contribution in [0.3, 0.4) is 0 Å². The van der Waals surface area contributed by atoms with Gasteiger partial charge in [0.15, 0.2) is 0 Å². The topological polar surface area (TPSA) is 56.7 Å². The average molecular weight is 648 g/mol. The molecule has 0 spiro atoms. The van der Waals surface area contributed by atoms with Crippen LogP contribution in [0.5, 0.6) is 5.75 Å². The predicted octanol–water partition coefficient (Wildman–Crippen LogP) is 6.00. The Hall–Kier alpha value is -3.04. The van der Waals surface area contributed by atoms with Gasteiger partial charge in [0.25, 0.3) is 0 Å². The number of benzene rings is 3. The molecule has 4 aromatic rings. The lowest BCUT2D eigenvalue weighted by Crippen LogP contribution is -2.51. The third kappa shape index (κ3) is 7.86. The van der Waals surface area contributed by atoms with Crippen molar-refractivity contribution in [2.45, 2.75) is 32.1 Å². The smallest absolute Gasteiger partial charge is 0.118 e. The molecule has 238 valence electrons. The van der Waals surface area contributed by atoms with Crippen molar-refractivity contribution < 1.29 is 4.74 Å². The van der Waals surface area contributed by atoms with Gasteiger partial charge in [0.2, 0.25) is 0 Å². The molecule has 7 nitrogen and oxygen atoms in total. The van der Waals surface area contributed by atoms with Crippen LogP contribution in [0.4, 0.5) is 0 Å². The van der Waals surface area contributed by atoms with E-state index in [-0.39, 0.29) is 6.04 Å². The van der Waals surface area contributed by atoms with Gasteiger partial charge in [-0.05, 0) is 53.9 Å². The molecule has 0 bridgehead atoms. The summed E-state index contributed by atoms with van der Waals surface area (Å²) in [4.78, 5) is 4.99. The summed E-state index contributed by atoms with van der Waals surface area (Å²) in [5, 5.41) is 13.3. The number of nitrogens with zero attached hydrogens (tertiary/aromatic N) is 3. The molecular weight excluding hydrogens is 603 g/mol. The molecule has 1 atom stereocenters. The van der Waals surface area contributed by atoms with Crippen molar-refractivity contribution in [3.63, 3.8) is 0 Å². The van der Waals surface area contributed by atoms with Crippen molar-refractivity contribution in [3.8, 4) is 16.9 Å². The van der Waals surface area contributed by atoms with E-state index in [0.29, 0.717) is 0 Å². The lowest BCUT2D eigenvalue weighted by Gasteiger charge is -2.35. The van der Waals surface area contributed by atoms with E-state index in [2.05, 4.69) is 73.4 Å². The van der Waals surface area contributed by atoms with Crippen molar-refractivity contribution >= 4 is 34.1 Å². The number of halogens is 2. The first-order chi connectivity index (χ1) is 22.0. The SMILES string of the molecule is C=C(NCCCn1cc(-c2ccc(OC)cc2)c2cc(CN3CCN(Cc4c(Cl)cccc4Cl)CC3)ccc21)C1CNCCN1. The third-order valence-electron chi connectivity index (χ3n) is 9.05. The highest BCUT2D eigenvalue weighted by atomic mass is 35.5. The normalized spacial score (nSPS) is 17.9. The predicted molar refractivity (Wildman–Crippen MR) is 187 cm³/mol. The molecule has 2 aliphatic heterocycles. The molecule has 0 radical (unpaired) electrons. The molecule has 0 aliphatic carbocycles. The monoisotopic (exact) mass is 646 g/mol. The first-order valence-electron chi connectivity index (χ1n) is 16.0. The van der Waals surface area contributed by atoms with Gasteiger partial charge in [-0.3, -0.25) is 9.80 Å². The molecule has 45 heavy (non-hydrogen) atoms. The number of aryl methyl sites for hydroxylation is 1. The van der Waals surface area contributed by atoms with Gasteiger partial charge in [-0.25, -0.2) is 0 Å². The standard InChI is InChI=1S/C36H44Cl2N6O/c1-26(35-22-39-14-15-41-35)40-13-4-16-44-25-31(28-8-10-29(45-2)11-9-28)30-21-27(7-12-36(30)44)23-42-17-19-43(20-18-42)24-32-33(37)5-3-6-34(32)38/h3,5-12,21,25,35,39-41H,1,4,13-20,22-24H2,2H3. The number of methoxy groups -OCH3 is 1. The van der Waals surface area contributed by atoms with E-state index in [1.807, 2.05) is 30.3 Å². The number of rotatable bonds is 12. The molecule has 2 aliphatic rings. The van der Waals surface area contributed by atoms with E-state index in [1.54, 1.807) is 7.11 Å². The van der Waals surface area contributed by atoms with Crippen molar-refractivity contribution in [1.29, 1.82) is 0 Å². The molecule has 3 aromatic carbocycles. The van der Waals surface area contributed by atoms with E-state index in [4.69, 9.17) is 27.9 Å². The van der Waals surface area contributed by atoms with Crippen molar-refractivity contribution in [3.05, 3.63) is 100 Å². The molecule has 3 heterocycles. The van der Waals surface area contributed by atoms with Gasteiger partial charge in [-0.2, -0.15) is 0 Å². The first kappa shape index (κ1) is 31.9. The van der Waals surface area contributed by atoms with Crippen molar-refractivity contribution in [2.75, 3.05) is 59.5 Å². The van der Waals surface area contributed by atoms with Gasteiger partial charge in [-0.15, -0.1) is 0 Å². The second-order valence-electron chi connectivity index (χ2n) is 12.1. The summed E-state index contributed by atoms with van der Waals surface area (Å²) < 4.78 is 7.84. The fourth-order valence-electron chi connectivity index (χ4n) is 6.42. The number of hydrogen-bond donors (Lipinski definition) is 3. The molecule has 3 N–H and O–H groups in total. The molecular formula is C36H44Cl2N6O. The number of fused-ring (bicyclic) bond motifs is 1. The van der Waals surface area contributed by atoms with Crippen LogP contribution in [0, 0.1) is 0 Å². The van der Waals surface area contributed by atoms with Crippen LogP contribution in [-0.2, 0) is 19.6 Å². The average Bonchev–Trinajstić information content (AvgIpc) is 3.43. The van der Waals surface area contributed by atoms with Crippen LogP contribution in [-0.4, -0.2) is 79.9 Å². The summed E-state index contributed by atoms with van der Waals surface area (Å²) in [6.45, 7) is 14.7. The fourth-order valence-corrected chi connectivity index (χ4v) is 6.94. The van der Waals surface area contributed by atoms with E-state index >= 15 is 0 Å². The number of ether oxygens (including phenoxy) is 1. The molecule has 2 saturated heterocycles. The van der Waals surface area contributed by atoms with E-state index in [1.165, 1.54) is 27.6 Å². The molecule has 0 amide bonds. The highest BCUT2D eigenvalue weighted by Crippen LogP contribution is 2.33. The summed E-state index contributed by atoms with van der Waals surface area (Å²) >= 11 is 12.9. The summed E-state index contributed by atoms with van der Waals surface area (Å²) in [5.74, 6) is 0.869. The quantitative estimate of drug-likeness (QED) is 0.164. The second kappa shape index (κ2) is 15.0. The highest BCUT2D eigenvalue weighted by molar-refractivity contribution is 6.35. The van der Waals surface area contributed by atoms with Crippen LogP contribution in [0.15, 0.2) is 79.1 Å². The van der Waals surface area contributed by atoms with Gasteiger partial charge in [0.05, 0.1) is 13.2 Å². The Balaban J connectivity index is 1.13. The number of nitrogens with one attached hydrogen (secondary N) is 3. The minimum absolute atomic E-state index is 0.287. The van der Waals surface area contributed by atoms with Gasteiger partial charge in [-0.1, -0.05) is 54.0 Å². The molecule has 1 unspecified atom stereocenters. The summed E-state index contributed by atoms with van der Waals surface area (Å²) in [7, 11) is 1.71. The van der Waals surface area contributed by atoms with Crippen LogP contribution >= 0.6 is 23.2 Å². The molecule has 2 fully saturated rings. The Labute approximate surface area is 277 Å². The van der Waals surface area contributed by atoms with E-state index in [0.717, 1.165) is 105 Å². The van der Waals surface area contributed by atoms with Crippen molar-refractivity contribution in [2.24, 2.45) is 0 Å². The fraction of sp³-hybridized carbons (Fsp3) is 0.389. The zero-order valence-corrected chi connectivity index (χ0v) is 27.6. The highest BCUT2D eigenvalue weighted by Gasteiger charge is 2.20.